The number of carbonyl (C=O) groups excluding carboxylic acids is 2. The quantitative estimate of drug-likeness (QED) is 0.750. The predicted molar refractivity (Wildman–Crippen MR) is 107 cm³/mol. The number of methoxy groups -OCH3 is 1. The van der Waals surface area contributed by atoms with Crippen LogP contribution in [0.25, 0.3) is 0 Å². The van der Waals surface area contributed by atoms with Crippen LogP contribution in [0.2, 0.25) is 0 Å². The van der Waals surface area contributed by atoms with E-state index in [0.717, 1.165) is 18.4 Å². The van der Waals surface area contributed by atoms with Crippen LogP contribution in [0.5, 0.6) is 5.75 Å². The maximum Gasteiger partial charge on any atom is 0.339 e. The lowest BCUT2D eigenvalue weighted by Crippen LogP contribution is -2.45. The summed E-state index contributed by atoms with van der Waals surface area (Å²) in [6.07, 6.45) is 2.14. The molecule has 0 radical (unpaired) electrons. The summed E-state index contributed by atoms with van der Waals surface area (Å²) in [6.45, 7) is 0.686. The number of nitrogens with zero attached hydrogens (tertiary/aromatic N) is 1. The van der Waals surface area contributed by atoms with Crippen molar-refractivity contribution in [3.8, 4) is 5.75 Å². The van der Waals surface area contributed by atoms with Crippen molar-refractivity contribution in [3.63, 3.8) is 0 Å². The first-order valence-electron chi connectivity index (χ1n) is 9.53. The fourth-order valence-electron chi connectivity index (χ4n) is 3.53. The van der Waals surface area contributed by atoms with Crippen molar-refractivity contribution >= 4 is 17.8 Å². The third-order valence-electron chi connectivity index (χ3n) is 5.00. The van der Waals surface area contributed by atoms with Gasteiger partial charge < -0.3 is 20.1 Å². The van der Waals surface area contributed by atoms with Crippen LogP contribution in [-0.2, 0) is 16.1 Å². The Morgan fingerprint density at radius 3 is 2.59 bits per heavy atom. The van der Waals surface area contributed by atoms with E-state index in [2.05, 4.69) is 5.32 Å². The third kappa shape index (κ3) is 4.74. The molecule has 7 nitrogen and oxygen atoms in total. The average Bonchev–Trinajstić information content (AvgIpc) is 2.74. The van der Waals surface area contributed by atoms with Gasteiger partial charge in [-0.2, -0.15) is 0 Å². The fraction of sp³-hybridized carbons (Fsp3) is 0.318. The molecule has 0 spiro atoms. The number of carbonyl (C=O) groups is 3. The van der Waals surface area contributed by atoms with Gasteiger partial charge in [-0.3, -0.25) is 9.59 Å². The lowest BCUT2D eigenvalue weighted by Gasteiger charge is -2.34. The molecule has 1 fully saturated rings. The lowest BCUT2D eigenvalue weighted by molar-refractivity contribution is -0.142. The van der Waals surface area contributed by atoms with Gasteiger partial charge in [0.25, 0.3) is 0 Å². The number of piperidine rings is 1. The van der Waals surface area contributed by atoms with Crippen LogP contribution in [-0.4, -0.2) is 41.4 Å². The molecular weight excluding hydrogens is 372 g/mol. The van der Waals surface area contributed by atoms with Crippen LogP contribution >= 0.6 is 0 Å². The first-order chi connectivity index (χ1) is 14.0. The second-order valence-electron chi connectivity index (χ2n) is 6.92. The summed E-state index contributed by atoms with van der Waals surface area (Å²) in [5.74, 6) is -1.17. The molecule has 0 aromatic heterocycles. The maximum atomic E-state index is 13.1. The summed E-state index contributed by atoms with van der Waals surface area (Å²) >= 11 is 0. The number of nitrogens with one attached hydrogen (secondary N) is 1. The lowest BCUT2D eigenvalue weighted by atomic mass is 10.00. The zero-order valence-corrected chi connectivity index (χ0v) is 16.3. The van der Waals surface area contributed by atoms with Gasteiger partial charge in [0.2, 0.25) is 11.8 Å². The number of hydrogen-bond acceptors (Lipinski definition) is 4. The average molecular weight is 396 g/mol. The van der Waals surface area contributed by atoms with E-state index in [9.17, 15) is 19.5 Å². The molecule has 1 aliphatic heterocycles. The van der Waals surface area contributed by atoms with Gasteiger partial charge in [-0.25, -0.2) is 4.79 Å². The van der Waals surface area contributed by atoms with Gasteiger partial charge in [-0.15, -0.1) is 0 Å². The van der Waals surface area contributed by atoms with Crippen LogP contribution < -0.4 is 10.1 Å². The van der Waals surface area contributed by atoms with Crippen molar-refractivity contribution in [3.05, 3.63) is 65.2 Å². The van der Waals surface area contributed by atoms with E-state index in [-0.39, 0.29) is 29.7 Å². The monoisotopic (exact) mass is 396 g/mol. The van der Waals surface area contributed by atoms with Crippen LogP contribution in [0, 0.1) is 0 Å². The van der Waals surface area contributed by atoms with Gasteiger partial charge in [0.15, 0.2) is 0 Å². The van der Waals surface area contributed by atoms with E-state index < -0.39 is 12.0 Å². The van der Waals surface area contributed by atoms with Gasteiger partial charge in [0, 0.05) is 19.5 Å². The van der Waals surface area contributed by atoms with Gasteiger partial charge >= 0.3 is 5.97 Å². The Bertz CT molecular complexity index is 897. The van der Waals surface area contributed by atoms with E-state index in [0.29, 0.717) is 18.5 Å². The first-order valence-corrected chi connectivity index (χ1v) is 9.53. The summed E-state index contributed by atoms with van der Waals surface area (Å²) in [7, 11) is 1.41. The SMILES string of the molecule is COc1ccc(CNC(=O)[C@@H](c2ccccc2)N2CCCCC2=O)cc1C(=O)O. The minimum atomic E-state index is -1.10. The molecule has 29 heavy (non-hydrogen) atoms. The molecule has 0 bridgehead atoms. The molecule has 7 heteroatoms. The summed E-state index contributed by atoms with van der Waals surface area (Å²) in [6, 6.07) is 13.2. The number of carboxylic acids is 1. The Kier molecular flexibility index (Phi) is 6.49. The number of aromatic carboxylic acids is 1. The van der Waals surface area contributed by atoms with Crippen LogP contribution in [0.15, 0.2) is 48.5 Å². The smallest absolute Gasteiger partial charge is 0.339 e. The number of hydrogen-bond donors (Lipinski definition) is 2. The Balaban J connectivity index is 1.79. The van der Waals surface area contributed by atoms with Crippen molar-refractivity contribution in [1.82, 2.24) is 10.2 Å². The van der Waals surface area contributed by atoms with Gasteiger partial charge in [0.1, 0.15) is 17.4 Å². The van der Waals surface area contributed by atoms with E-state index in [4.69, 9.17) is 4.74 Å². The Morgan fingerprint density at radius 1 is 1.17 bits per heavy atom. The Morgan fingerprint density at radius 2 is 1.93 bits per heavy atom. The zero-order valence-electron chi connectivity index (χ0n) is 16.3. The van der Waals surface area contributed by atoms with Gasteiger partial charge in [0.05, 0.1) is 7.11 Å². The van der Waals surface area contributed by atoms with Crippen molar-refractivity contribution in [2.75, 3.05) is 13.7 Å². The molecular formula is C22H24N2O5. The van der Waals surface area contributed by atoms with Gasteiger partial charge in [-0.05, 0) is 36.1 Å². The molecule has 3 rings (SSSR count). The maximum absolute atomic E-state index is 13.1. The van der Waals surface area contributed by atoms with Crippen LogP contribution in [0.4, 0.5) is 0 Å². The second-order valence-corrected chi connectivity index (χ2v) is 6.92. The third-order valence-corrected chi connectivity index (χ3v) is 5.00. The molecule has 0 unspecified atom stereocenters. The summed E-state index contributed by atoms with van der Waals surface area (Å²) in [5.41, 5.74) is 1.42. The molecule has 2 aromatic carbocycles. The Hall–Kier alpha value is -3.35. The molecule has 0 saturated carbocycles. The highest BCUT2D eigenvalue weighted by molar-refractivity contribution is 5.91. The van der Waals surface area contributed by atoms with Crippen molar-refractivity contribution in [1.29, 1.82) is 0 Å². The zero-order chi connectivity index (χ0) is 20.8. The first kappa shape index (κ1) is 20.4. The molecule has 1 saturated heterocycles. The summed E-state index contributed by atoms with van der Waals surface area (Å²) in [4.78, 5) is 38.5. The topological polar surface area (TPSA) is 95.9 Å². The minimum absolute atomic E-state index is 0.0298. The Labute approximate surface area is 169 Å². The summed E-state index contributed by atoms with van der Waals surface area (Å²) in [5, 5.41) is 12.2. The number of amides is 2. The van der Waals surface area contributed by atoms with Crippen molar-refractivity contribution in [2.24, 2.45) is 0 Å². The van der Waals surface area contributed by atoms with Crippen LogP contribution in [0.3, 0.4) is 0 Å². The number of benzene rings is 2. The second kappa shape index (κ2) is 9.23. The summed E-state index contributed by atoms with van der Waals surface area (Å²) < 4.78 is 5.06. The van der Waals surface area contributed by atoms with Crippen molar-refractivity contribution < 1.29 is 24.2 Å². The fourth-order valence-corrected chi connectivity index (χ4v) is 3.53. The molecule has 1 heterocycles. The van der Waals surface area contributed by atoms with Crippen molar-refractivity contribution in [2.45, 2.75) is 31.8 Å². The normalized spacial score (nSPS) is 14.9. The highest BCUT2D eigenvalue weighted by atomic mass is 16.5. The standard InChI is InChI=1S/C22H24N2O5/c1-29-18-11-10-15(13-17(18)22(27)28)14-23-21(26)20(16-7-3-2-4-8-16)24-12-6-5-9-19(24)25/h2-4,7-8,10-11,13,20H,5-6,9,12,14H2,1H3,(H,23,26)(H,27,28)/t20-/m1/s1. The molecule has 2 amide bonds. The predicted octanol–water partition coefficient (Wildman–Crippen LogP) is 2.76. The highest BCUT2D eigenvalue weighted by Crippen LogP contribution is 2.26. The molecule has 0 aliphatic carbocycles. The van der Waals surface area contributed by atoms with Gasteiger partial charge in [-0.1, -0.05) is 36.4 Å². The van der Waals surface area contributed by atoms with E-state index in [1.165, 1.54) is 13.2 Å². The number of ether oxygens (including phenoxy) is 1. The molecule has 152 valence electrons. The number of carboxylic acid groups (broad SMARTS) is 1. The molecule has 2 aromatic rings. The van der Waals surface area contributed by atoms with E-state index in [1.54, 1.807) is 17.0 Å². The highest BCUT2D eigenvalue weighted by Gasteiger charge is 2.32. The molecule has 1 aliphatic rings. The van der Waals surface area contributed by atoms with E-state index in [1.807, 2.05) is 30.3 Å². The molecule has 1 atom stereocenters. The largest absolute Gasteiger partial charge is 0.496 e. The number of rotatable bonds is 7. The molecule has 2 N–H and O–H groups in total. The van der Waals surface area contributed by atoms with E-state index >= 15 is 0 Å². The number of likely N-dealkylation sites (tertiary alicyclic amines) is 1. The minimum Gasteiger partial charge on any atom is -0.496 e. The van der Waals surface area contributed by atoms with Crippen LogP contribution in [0.1, 0.15) is 46.8 Å².